The molecule has 7 nitrogen and oxygen atoms in total. The summed E-state index contributed by atoms with van der Waals surface area (Å²) < 4.78 is 5.32. The molecule has 1 aromatic rings. The number of imide groups is 1. The lowest BCUT2D eigenvalue weighted by molar-refractivity contribution is -0.128. The van der Waals surface area contributed by atoms with E-state index in [1.165, 1.54) is 0 Å². The number of carbonyl (C=O) groups excluding carboxylic acids is 3. The van der Waals surface area contributed by atoms with Gasteiger partial charge in [0.25, 0.3) is 5.24 Å². The second-order valence-electron chi connectivity index (χ2n) is 4.04. The molecule has 0 atom stereocenters. The van der Waals surface area contributed by atoms with Crippen LogP contribution in [0.15, 0.2) is 10.5 Å². The molecule has 2 heterocycles. The molecule has 1 fully saturated rings. The highest BCUT2D eigenvalue weighted by molar-refractivity contribution is 8.13. The van der Waals surface area contributed by atoms with E-state index in [2.05, 4.69) is 0 Å². The van der Waals surface area contributed by atoms with Gasteiger partial charge in [0.05, 0.1) is 6.54 Å². The largest absolute Gasteiger partial charge is 0.454 e. The van der Waals surface area contributed by atoms with Crippen molar-refractivity contribution >= 4 is 28.8 Å². The number of hydrazine groups is 1. The first-order valence-corrected chi connectivity index (χ1v) is 6.59. The Morgan fingerprint density at radius 1 is 1.58 bits per heavy atom. The van der Waals surface area contributed by atoms with E-state index >= 15 is 0 Å². The number of nitrogen functional groups attached to an aromatic ring is 1. The molecule has 0 spiro atoms. The SMILES string of the molecule is Cc1cc(CN2C(=O)CCSC2=O)oc1C(=O)NN. The van der Waals surface area contributed by atoms with Crippen molar-refractivity contribution in [3.8, 4) is 0 Å². The van der Waals surface area contributed by atoms with E-state index in [1.54, 1.807) is 13.0 Å². The first kappa shape index (κ1) is 13.6. The number of amides is 3. The van der Waals surface area contributed by atoms with Crippen molar-refractivity contribution in [3.05, 3.63) is 23.2 Å². The van der Waals surface area contributed by atoms with Gasteiger partial charge in [0.2, 0.25) is 5.91 Å². The Morgan fingerprint density at radius 3 is 2.95 bits per heavy atom. The third kappa shape index (κ3) is 2.79. The molecule has 102 valence electrons. The van der Waals surface area contributed by atoms with Crippen molar-refractivity contribution in [2.24, 2.45) is 5.84 Å². The van der Waals surface area contributed by atoms with Crippen LogP contribution >= 0.6 is 11.8 Å². The number of rotatable bonds is 3. The average Bonchev–Trinajstić information content (AvgIpc) is 2.74. The minimum Gasteiger partial charge on any atom is -0.454 e. The number of nitrogens with one attached hydrogen (secondary N) is 1. The molecule has 19 heavy (non-hydrogen) atoms. The molecule has 0 aliphatic carbocycles. The van der Waals surface area contributed by atoms with Gasteiger partial charge in [-0.15, -0.1) is 0 Å². The second-order valence-corrected chi connectivity index (χ2v) is 5.09. The predicted octanol–water partition coefficient (Wildman–Crippen LogP) is 0.777. The lowest BCUT2D eigenvalue weighted by Gasteiger charge is -2.22. The first-order chi connectivity index (χ1) is 9.02. The summed E-state index contributed by atoms with van der Waals surface area (Å²) in [5.74, 6) is 5.22. The molecule has 0 aromatic carbocycles. The molecule has 0 unspecified atom stereocenters. The van der Waals surface area contributed by atoms with Gasteiger partial charge in [-0.05, 0) is 13.0 Å². The van der Waals surface area contributed by atoms with Crippen LogP contribution in [0.4, 0.5) is 4.79 Å². The van der Waals surface area contributed by atoms with Gasteiger partial charge >= 0.3 is 5.91 Å². The molecule has 1 saturated heterocycles. The number of nitrogens with zero attached hydrogens (tertiary/aromatic N) is 1. The highest BCUT2D eigenvalue weighted by Crippen LogP contribution is 2.23. The third-order valence-corrected chi connectivity index (χ3v) is 3.56. The van der Waals surface area contributed by atoms with Crippen LogP contribution in [0, 0.1) is 6.92 Å². The number of hydrogen-bond acceptors (Lipinski definition) is 6. The molecule has 3 amide bonds. The Hall–Kier alpha value is -1.80. The van der Waals surface area contributed by atoms with Gasteiger partial charge in [0, 0.05) is 17.7 Å². The molecular weight excluding hydrogens is 270 g/mol. The van der Waals surface area contributed by atoms with Gasteiger partial charge < -0.3 is 4.42 Å². The second kappa shape index (κ2) is 5.45. The lowest BCUT2D eigenvalue weighted by atomic mass is 10.2. The number of carbonyl (C=O) groups is 3. The van der Waals surface area contributed by atoms with Crippen LogP contribution in [-0.2, 0) is 11.3 Å². The molecule has 1 aromatic heterocycles. The van der Waals surface area contributed by atoms with Gasteiger partial charge in [-0.3, -0.25) is 24.7 Å². The van der Waals surface area contributed by atoms with E-state index in [-0.39, 0.29) is 23.5 Å². The minimum absolute atomic E-state index is 0.0311. The summed E-state index contributed by atoms with van der Waals surface area (Å²) in [6, 6.07) is 1.62. The fourth-order valence-corrected chi connectivity index (χ4v) is 2.54. The Labute approximate surface area is 113 Å². The zero-order valence-corrected chi connectivity index (χ0v) is 11.1. The number of nitrogens with two attached hydrogens (primary N) is 1. The third-order valence-electron chi connectivity index (χ3n) is 2.68. The van der Waals surface area contributed by atoms with E-state index in [0.29, 0.717) is 23.5 Å². The van der Waals surface area contributed by atoms with E-state index in [4.69, 9.17) is 10.3 Å². The molecule has 2 rings (SSSR count). The molecule has 1 aliphatic rings. The molecule has 0 radical (unpaired) electrons. The summed E-state index contributed by atoms with van der Waals surface area (Å²) >= 11 is 1.10. The highest BCUT2D eigenvalue weighted by atomic mass is 32.2. The maximum absolute atomic E-state index is 11.6. The van der Waals surface area contributed by atoms with Gasteiger partial charge in [0.1, 0.15) is 5.76 Å². The van der Waals surface area contributed by atoms with Gasteiger partial charge in [0.15, 0.2) is 5.76 Å². The highest BCUT2D eigenvalue weighted by Gasteiger charge is 2.28. The van der Waals surface area contributed by atoms with Crippen LogP contribution in [0.1, 0.15) is 28.3 Å². The molecule has 1 aliphatic heterocycles. The van der Waals surface area contributed by atoms with Crippen molar-refractivity contribution in [3.63, 3.8) is 0 Å². The summed E-state index contributed by atoms with van der Waals surface area (Å²) in [5.41, 5.74) is 2.57. The topological polar surface area (TPSA) is 106 Å². The van der Waals surface area contributed by atoms with Gasteiger partial charge in [-0.2, -0.15) is 0 Å². The monoisotopic (exact) mass is 283 g/mol. The lowest BCUT2D eigenvalue weighted by Crippen LogP contribution is -2.37. The van der Waals surface area contributed by atoms with Crippen molar-refractivity contribution in [1.82, 2.24) is 10.3 Å². The zero-order chi connectivity index (χ0) is 14.0. The van der Waals surface area contributed by atoms with Crippen LogP contribution in [0.3, 0.4) is 0 Å². The van der Waals surface area contributed by atoms with E-state index in [9.17, 15) is 14.4 Å². The number of hydrogen-bond donors (Lipinski definition) is 2. The van der Waals surface area contributed by atoms with E-state index in [0.717, 1.165) is 16.7 Å². The van der Waals surface area contributed by atoms with Crippen LogP contribution < -0.4 is 11.3 Å². The molecule has 0 bridgehead atoms. The first-order valence-electron chi connectivity index (χ1n) is 5.60. The Morgan fingerprint density at radius 2 is 2.32 bits per heavy atom. The van der Waals surface area contributed by atoms with Gasteiger partial charge in [-0.1, -0.05) is 11.8 Å². The van der Waals surface area contributed by atoms with Crippen LogP contribution in [0.25, 0.3) is 0 Å². The summed E-state index contributed by atoms with van der Waals surface area (Å²) in [4.78, 5) is 35.8. The maximum Gasteiger partial charge on any atom is 0.301 e. The Balaban J connectivity index is 2.17. The smallest absolute Gasteiger partial charge is 0.301 e. The van der Waals surface area contributed by atoms with Crippen molar-refractivity contribution in [2.75, 3.05) is 5.75 Å². The number of thioether (sulfide) groups is 1. The molecular formula is C11H13N3O4S. The summed E-state index contributed by atoms with van der Waals surface area (Å²) in [6.45, 7) is 1.72. The van der Waals surface area contributed by atoms with Crippen molar-refractivity contribution in [2.45, 2.75) is 19.9 Å². The summed E-state index contributed by atoms with van der Waals surface area (Å²) in [7, 11) is 0. The zero-order valence-electron chi connectivity index (χ0n) is 10.3. The maximum atomic E-state index is 11.6. The van der Waals surface area contributed by atoms with Crippen molar-refractivity contribution in [1.29, 1.82) is 0 Å². The normalized spacial score (nSPS) is 15.8. The fourth-order valence-electron chi connectivity index (χ4n) is 1.77. The summed E-state index contributed by atoms with van der Waals surface area (Å²) in [6.07, 6.45) is 0.326. The Bertz CT molecular complexity index is 524. The van der Waals surface area contributed by atoms with Crippen LogP contribution in [-0.4, -0.2) is 27.7 Å². The molecule has 8 heteroatoms. The van der Waals surface area contributed by atoms with Gasteiger partial charge in [-0.25, -0.2) is 5.84 Å². The summed E-state index contributed by atoms with van der Waals surface area (Å²) in [5, 5.41) is -0.296. The average molecular weight is 283 g/mol. The van der Waals surface area contributed by atoms with Crippen molar-refractivity contribution < 1.29 is 18.8 Å². The van der Waals surface area contributed by atoms with E-state index < -0.39 is 5.91 Å². The standard InChI is InChI=1S/C11H13N3O4S/c1-6-4-7(18-9(6)10(16)13-12)5-14-8(15)2-3-19-11(14)17/h4H,2-3,5,12H2,1H3,(H,13,16). The molecule has 0 saturated carbocycles. The fraction of sp³-hybridized carbons (Fsp3) is 0.364. The molecule has 3 N–H and O–H groups in total. The quantitative estimate of drug-likeness (QED) is 0.482. The number of furan rings is 1. The van der Waals surface area contributed by atoms with Crippen LogP contribution in [0.5, 0.6) is 0 Å². The minimum atomic E-state index is -0.547. The van der Waals surface area contributed by atoms with Crippen LogP contribution in [0.2, 0.25) is 0 Å². The predicted molar refractivity (Wildman–Crippen MR) is 68.1 cm³/mol. The Kier molecular flexibility index (Phi) is 3.91. The van der Waals surface area contributed by atoms with E-state index in [1.807, 2.05) is 5.43 Å². The number of aryl methyl sites for hydroxylation is 1.